The lowest BCUT2D eigenvalue weighted by atomic mass is 9.97. The SMILES string of the molecule is CN(C)CC1CCCN(C(=O)Cn2cc(C(=O)Nc3ccc(F)cc3)ccc2=O)C1. The number of pyridine rings is 1. The summed E-state index contributed by atoms with van der Waals surface area (Å²) in [6.45, 7) is 2.17. The summed E-state index contributed by atoms with van der Waals surface area (Å²) in [5.74, 6) is -0.545. The van der Waals surface area contributed by atoms with Gasteiger partial charge in [0.2, 0.25) is 5.91 Å². The Hall–Kier alpha value is -3.00. The summed E-state index contributed by atoms with van der Waals surface area (Å²) in [4.78, 5) is 41.4. The highest BCUT2D eigenvalue weighted by Crippen LogP contribution is 2.17. The van der Waals surface area contributed by atoms with E-state index in [-0.39, 0.29) is 23.6 Å². The molecule has 1 fully saturated rings. The van der Waals surface area contributed by atoms with Gasteiger partial charge in [0, 0.05) is 37.6 Å². The number of hydrogen-bond donors (Lipinski definition) is 1. The summed E-state index contributed by atoms with van der Waals surface area (Å²) in [7, 11) is 4.03. The van der Waals surface area contributed by atoms with Gasteiger partial charge >= 0.3 is 0 Å². The third kappa shape index (κ3) is 5.76. The zero-order valence-corrected chi connectivity index (χ0v) is 17.3. The van der Waals surface area contributed by atoms with E-state index in [1.807, 2.05) is 14.1 Å². The molecule has 30 heavy (non-hydrogen) atoms. The summed E-state index contributed by atoms with van der Waals surface area (Å²) < 4.78 is 14.3. The zero-order valence-electron chi connectivity index (χ0n) is 17.3. The van der Waals surface area contributed by atoms with Crippen molar-refractivity contribution in [1.29, 1.82) is 0 Å². The van der Waals surface area contributed by atoms with Crippen molar-refractivity contribution in [3.05, 3.63) is 64.3 Å². The van der Waals surface area contributed by atoms with Crippen molar-refractivity contribution < 1.29 is 14.0 Å². The van der Waals surface area contributed by atoms with Crippen LogP contribution in [0, 0.1) is 11.7 Å². The average Bonchev–Trinajstić information content (AvgIpc) is 2.71. The Labute approximate surface area is 175 Å². The van der Waals surface area contributed by atoms with E-state index in [1.165, 1.54) is 47.2 Å². The number of halogens is 1. The molecule has 0 saturated carbocycles. The van der Waals surface area contributed by atoms with Gasteiger partial charge in [0.15, 0.2) is 0 Å². The summed E-state index contributed by atoms with van der Waals surface area (Å²) in [6, 6.07) is 8.09. The standard InChI is InChI=1S/C22H27FN4O3/c1-25(2)12-16-4-3-11-26(13-16)21(29)15-27-14-17(5-10-20(27)28)22(30)24-19-8-6-18(23)7-9-19/h5-10,14,16H,3-4,11-13,15H2,1-2H3,(H,24,30). The van der Waals surface area contributed by atoms with Gasteiger partial charge in [-0.05, 0) is 63.2 Å². The third-order valence-electron chi connectivity index (χ3n) is 5.15. The van der Waals surface area contributed by atoms with Crippen LogP contribution in [0.15, 0.2) is 47.4 Å². The molecule has 1 atom stereocenters. The number of rotatable bonds is 6. The maximum Gasteiger partial charge on any atom is 0.257 e. The Bertz CT molecular complexity index is 956. The van der Waals surface area contributed by atoms with Crippen LogP contribution in [0.25, 0.3) is 0 Å². The van der Waals surface area contributed by atoms with Crippen LogP contribution in [0.5, 0.6) is 0 Å². The number of nitrogens with one attached hydrogen (secondary N) is 1. The lowest BCUT2D eigenvalue weighted by molar-refractivity contribution is -0.133. The topological polar surface area (TPSA) is 74.7 Å². The molecule has 160 valence electrons. The molecular weight excluding hydrogens is 387 g/mol. The van der Waals surface area contributed by atoms with Crippen LogP contribution in [0.2, 0.25) is 0 Å². The molecule has 2 amide bonds. The number of carbonyl (C=O) groups is 2. The molecule has 1 unspecified atom stereocenters. The summed E-state index contributed by atoms with van der Waals surface area (Å²) in [5.41, 5.74) is 0.342. The predicted molar refractivity (Wildman–Crippen MR) is 113 cm³/mol. The van der Waals surface area contributed by atoms with Crippen LogP contribution in [0.1, 0.15) is 23.2 Å². The first kappa shape index (κ1) is 21.7. The van der Waals surface area contributed by atoms with Crippen molar-refractivity contribution >= 4 is 17.5 Å². The highest BCUT2D eigenvalue weighted by molar-refractivity contribution is 6.04. The molecule has 0 radical (unpaired) electrons. The van der Waals surface area contributed by atoms with Crippen molar-refractivity contribution in [3.63, 3.8) is 0 Å². The van der Waals surface area contributed by atoms with Crippen molar-refractivity contribution in [1.82, 2.24) is 14.4 Å². The maximum absolute atomic E-state index is 13.0. The molecule has 7 nitrogen and oxygen atoms in total. The lowest BCUT2D eigenvalue weighted by Gasteiger charge is -2.34. The smallest absolute Gasteiger partial charge is 0.257 e. The highest BCUT2D eigenvalue weighted by atomic mass is 19.1. The van der Waals surface area contributed by atoms with E-state index in [9.17, 15) is 18.8 Å². The molecule has 2 aromatic rings. The Kier molecular flexibility index (Phi) is 6.99. The Morgan fingerprint density at radius 2 is 1.90 bits per heavy atom. The molecule has 1 N–H and O–H groups in total. The van der Waals surface area contributed by atoms with E-state index < -0.39 is 11.7 Å². The van der Waals surface area contributed by atoms with Crippen LogP contribution in [0.4, 0.5) is 10.1 Å². The number of hydrogen-bond acceptors (Lipinski definition) is 4. The summed E-state index contributed by atoms with van der Waals surface area (Å²) in [6.07, 6.45) is 3.42. The zero-order chi connectivity index (χ0) is 21.7. The van der Waals surface area contributed by atoms with Gasteiger partial charge in [0.05, 0.1) is 5.56 Å². The van der Waals surface area contributed by atoms with E-state index in [4.69, 9.17) is 0 Å². The van der Waals surface area contributed by atoms with Gasteiger partial charge in [0.25, 0.3) is 11.5 Å². The van der Waals surface area contributed by atoms with Gasteiger partial charge in [-0.15, -0.1) is 0 Å². The number of amides is 2. The molecule has 0 aliphatic carbocycles. The monoisotopic (exact) mass is 414 g/mol. The summed E-state index contributed by atoms with van der Waals surface area (Å²) in [5, 5.41) is 2.65. The minimum Gasteiger partial charge on any atom is -0.341 e. The molecule has 2 heterocycles. The van der Waals surface area contributed by atoms with Gasteiger partial charge < -0.3 is 19.7 Å². The fourth-order valence-electron chi connectivity index (χ4n) is 3.73. The lowest BCUT2D eigenvalue weighted by Crippen LogP contribution is -2.44. The van der Waals surface area contributed by atoms with Crippen molar-refractivity contribution in [2.45, 2.75) is 19.4 Å². The quantitative estimate of drug-likeness (QED) is 0.785. The number of nitrogens with zero attached hydrogens (tertiary/aromatic N) is 3. The fraction of sp³-hybridized carbons (Fsp3) is 0.409. The molecule has 1 aliphatic heterocycles. The molecular formula is C22H27FN4O3. The largest absolute Gasteiger partial charge is 0.341 e. The number of likely N-dealkylation sites (tertiary alicyclic amines) is 1. The first-order valence-corrected chi connectivity index (χ1v) is 10.0. The second-order valence-corrected chi connectivity index (χ2v) is 7.96. The van der Waals surface area contributed by atoms with E-state index in [0.29, 0.717) is 24.7 Å². The fourth-order valence-corrected chi connectivity index (χ4v) is 3.73. The van der Waals surface area contributed by atoms with Crippen molar-refractivity contribution in [2.24, 2.45) is 5.92 Å². The Morgan fingerprint density at radius 3 is 2.60 bits per heavy atom. The van der Waals surface area contributed by atoms with Gasteiger partial charge in [-0.3, -0.25) is 14.4 Å². The van der Waals surface area contributed by atoms with Gasteiger partial charge in [-0.1, -0.05) is 0 Å². The van der Waals surface area contributed by atoms with E-state index >= 15 is 0 Å². The second-order valence-electron chi connectivity index (χ2n) is 7.96. The molecule has 0 bridgehead atoms. The third-order valence-corrected chi connectivity index (χ3v) is 5.15. The van der Waals surface area contributed by atoms with E-state index in [1.54, 1.807) is 4.90 Å². The van der Waals surface area contributed by atoms with Crippen LogP contribution in [0.3, 0.4) is 0 Å². The Balaban J connectivity index is 1.67. The molecule has 8 heteroatoms. The van der Waals surface area contributed by atoms with Crippen molar-refractivity contribution in [3.8, 4) is 0 Å². The molecule has 1 aromatic heterocycles. The number of piperidine rings is 1. The molecule has 1 saturated heterocycles. The number of anilines is 1. The van der Waals surface area contributed by atoms with Crippen LogP contribution < -0.4 is 10.9 Å². The maximum atomic E-state index is 13.0. The molecule has 1 aliphatic rings. The minimum absolute atomic E-state index is 0.106. The van der Waals surface area contributed by atoms with E-state index in [0.717, 1.165) is 19.4 Å². The molecule has 1 aromatic carbocycles. The van der Waals surface area contributed by atoms with Crippen LogP contribution >= 0.6 is 0 Å². The molecule has 0 spiro atoms. The highest BCUT2D eigenvalue weighted by Gasteiger charge is 2.24. The predicted octanol–water partition coefficient (Wildman–Crippen LogP) is 2.04. The normalized spacial score (nSPS) is 16.5. The van der Waals surface area contributed by atoms with Gasteiger partial charge in [-0.25, -0.2) is 4.39 Å². The first-order valence-electron chi connectivity index (χ1n) is 10.0. The summed E-state index contributed by atoms with van der Waals surface area (Å²) >= 11 is 0. The number of carbonyl (C=O) groups excluding carboxylic acids is 2. The number of benzene rings is 1. The van der Waals surface area contributed by atoms with Crippen LogP contribution in [-0.2, 0) is 11.3 Å². The first-order chi connectivity index (χ1) is 14.3. The van der Waals surface area contributed by atoms with Crippen molar-refractivity contribution in [2.75, 3.05) is 39.0 Å². The van der Waals surface area contributed by atoms with E-state index in [2.05, 4.69) is 10.2 Å². The minimum atomic E-state index is -0.438. The second kappa shape index (κ2) is 9.67. The van der Waals surface area contributed by atoms with Gasteiger partial charge in [-0.2, -0.15) is 0 Å². The Morgan fingerprint density at radius 1 is 1.17 bits per heavy atom. The average molecular weight is 414 g/mol. The molecule has 3 rings (SSSR count). The van der Waals surface area contributed by atoms with Gasteiger partial charge in [0.1, 0.15) is 12.4 Å². The number of aromatic nitrogens is 1. The van der Waals surface area contributed by atoms with Crippen LogP contribution in [-0.4, -0.2) is 59.9 Å².